The summed E-state index contributed by atoms with van der Waals surface area (Å²) in [6.07, 6.45) is 3.57. The van der Waals surface area contributed by atoms with E-state index in [1.54, 1.807) is 6.34 Å². The zero-order valence-corrected chi connectivity index (χ0v) is 24.2. The van der Waals surface area contributed by atoms with Gasteiger partial charge in [-0.25, -0.2) is 4.99 Å². The molecule has 0 spiro atoms. The molecule has 0 aromatic heterocycles. The lowest BCUT2D eigenvalue weighted by Crippen LogP contribution is -2.71. The molecule has 5 aliphatic rings. The molecule has 1 unspecified atom stereocenters. The number of aliphatic imine (C=N–C) groups is 1. The number of hydrogen-bond donors (Lipinski definition) is 5. The summed E-state index contributed by atoms with van der Waals surface area (Å²) in [5.74, 6) is 2.77. The van der Waals surface area contributed by atoms with Crippen molar-refractivity contribution in [3.05, 3.63) is 71.6 Å². The van der Waals surface area contributed by atoms with Gasteiger partial charge < -0.3 is 21.1 Å². The Morgan fingerprint density at radius 2 is 1.62 bits per heavy atom. The van der Waals surface area contributed by atoms with Crippen LogP contribution in [0.2, 0.25) is 0 Å². The summed E-state index contributed by atoms with van der Waals surface area (Å²) in [7, 11) is 0. The molecule has 1 atom stereocenters. The molecule has 4 fully saturated rings. The molecule has 4 saturated heterocycles. The molecule has 0 amide bonds. The highest BCUT2D eigenvalue weighted by Gasteiger charge is 2.42. The predicted molar refractivity (Wildman–Crippen MR) is 166 cm³/mol. The van der Waals surface area contributed by atoms with Crippen LogP contribution in [0.3, 0.4) is 0 Å². The van der Waals surface area contributed by atoms with Crippen LogP contribution in [0.1, 0.15) is 18.4 Å². The highest BCUT2D eigenvalue weighted by Crippen LogP contribution is 2.28. The minimum Gasteiger partial charge on any atom is -0.457 e. The number of rotatable bonds is 10. The SMILES string of the molecule is N=C(C1=C(N)N=CNC1NC1CCN(C2CN(C3CN(CC4CNC4)C3)C2)CC1)c1ccc(Oc2ccccc2)cc1. The van der Waals surface area contributed by atoms with Crippen LogP contribution in [-0.4, -0.2) is 110 Å². The van der Waals surface area contributed by atoms with E-state index in [4.69, 9.17) is 15.9 Å². The molecule has 7 rings (SSSR count). The van der Waals surface area contributed by atoms with Crippen molar-refractivity contribution >= 4 is 12.1 Å². The summed E-state index contributed by atoms with van der Waals surface area (Å²) in [6.45, 7) is 10.9. The van der Waals surface area contributed by atoms with Gasteiger partial charge in [-0.1, -0.05) is 18.2 Å². The van der Waals surface area contributed by atoms with Crippen molar-refractivity contribution in [3.8, 4) is 11.5 Å². The summed E-state index contributed by atoms with van der Waals surface area (Å²) in [5, 5.41) is 19.5. The number of nitrogens with one attached hydrogen (secondary N) is 4. The lowest BCUT2D eigenvalue weighted by molar-refractivity contribution is -0.0607. The second-order valence-corrected chi connectivity index (χ2v) is 12.5. The van der Waals surface area contributed by atoms with Gasteiger partial charge in [0.2, 0.25) is 0 Å². The first-order valence-corrected chi connectivity index (χ1v) is 15.5. The van der Waals surface area contributed by atoms with E-state index in [1.165, 1.54) is 45.8 Å². The first-order chi connectivity index (χ1) is 20.6. The van der Waals surface area contributed by atoms with Gasteiger partial charge >= 0.3 is 0 Å². The van der Waals surface area contributed by atoms with E-state index in [1.807, 2.05) is 54.6 Å². The third-order valence-corrected chi connectivity index (χ3v) is 9.58. The van der Waals surface area contributed by atoms with Crippen molar-refractivity contribution in [2.75, 3.05) is 58.9 Å². The van der Waals surface area contributed by atoms with Crippen molar-refractivity contribution in [1.82, 2.24) is 30.7 Å². The molecule has 2 aromatic rings. The van der Waals surface area contributed by atoms with E-state index in [-0.39, 0.29) is 6.17 Å². The highest BCUT2D eigenvalue weighted by molar-refractivity contribution is 6.12. The van der Waals surface area contributed by atoms with E-state index in [9.17, 15) is 0 Å². The predicted octanol–water partition coefficient (Wildman–Crippen LogP) is 1.62. The quantitative estimate of drug-likeness (QED) is 0.274. The third-order valence-electron chi connectivity index (χ3n) is 9.58. The van der Waals surface area contributed by atoms with E-state index < -0.39 is 0 Å². The Balaban J connectivity index is 0.880. The van der Waals surface area contributed by atoms with Crippen molar-refractivity contribution in [2.24, 2.45) is 16.6 Å². The normalized spacial score (nSPS) is 25.0. The van der Waals surface area contributed by atoms with Crippen molar-refractivity contribution in [3.63, 3.8) is 0 Å². The van der Waals surface area contributed by atoms with Crippen LogP contribution >= 0.6 is 0 Å². The van der Waals surface area contributed by atoms with Crippen LogP contribution in [0.15, 0.2) is 71.0 Å². The van der Waals surface area contributed by atoms with E-state index >= 15 is 0 Å². The Labute approximate surface area is 248 Å². The number of nitrogens with two attached hydrogens (primary N) is 1. The maximum absolute atomic E-state index is 9.00. The number of hydrogen-bond acceptors (Lipinski definition) is 10. The average Bonchev–Trinajstić information content (AvgIpc) is 2.93. The molecular weight excluding hydrogens is 526 g/mol. The second kappa shape index (κ2) is 12.1. The van der Waals surface area contributed by atoms with Crippen LogP contribution in [-0.2, 0) is 0 Å². The van der Waals surface area contributed by atoms with Gasteiger partial charge in [-0.3, -0.25) is 25.4 Å². The second-order valence-electron chi connectivity index (χ2n) is 12.5. The standard InChI is InChI=1S/C32H43N9O/c33-30(23-6-8-28(9-7-23)42-27-4-2-1-3-5-27)29-31(34)36-21-37-32(29)38-24-10-12-40(13-11-24)26-19-41(20-26)25-17-39(18-25)16-22-14-35-15-22/h1-9,21-22,24-26,32-33,35,38H,10-20,34H2,(H,36,37). The van der Waals surface area contributed by atoms with Crippen LogP contribution in [0.5, 0.6) is 11.5 Å². The van der Waals surface area contributed by atoms with Gasteiger partial charge in [0.1, 0.15) is 23.5 Å². The fourth-order valence-corrected chi connectivity index (χ4v) is 6.81. The van der Waals surface area contributed by atoms with Crippen molar-refractivity contribution in [1.29, 1.82) is 5.41 Å². The molecule has 0 saturated carbocycles. The number of nitrogens with zero attached hydrogens (tertiary/aromatic N) is 4. The van der Waals surface area contributed by atoms with Crippen LogP contribution in [0.4, 0.5) is 0 Å². The molecule has 0 radical (unpaired) electrons. The summed E-state index contributed by atoms with van der Waals surface area (Å²) in [5.41, 5.74) is 8.18. The van der Waals surface area contributed by atoms with Gasteiger partial charge in [0.05, 0.1) is 17.6 Å². The minimum absolute atomic E-state index is 0.247. The molecule has 0 aliphatic carbocycles. The molecule has 222 valence electrons. The smallest absolute Gasteiger partial charge is 0.133 e. The van der Waals surface area contributed by atoms with Crippen molar-refractivity contribution < 1.29 is 4.74 Å². The van der Waals surface area contributed by atoms with E-state index in [0.29, 0.717) is 29.2 Å². The van der Waals surface area contributed by atoms with Crippen LogP contribution in [0, 0.1) is 11.3 Å². The molecule has 42 heavy (non-hydrogen) atoms. The maximum Gasteiger partial charge on any atom is 0.133 e. The zero-order valence-electron chi connectivity index (χ0n) is 24.2. The Morgan fingerprint density at radius 1 is 0.929 bits per heavy atom. The zero-order chi connectivity index (χ0) is 28.5. The monoisotopic (exact) mass is 569 g/mol. The highest BCUT2D eigenvalue weighted by atomic mass is 16.5. The van der Waals surface area contributed by atoms with Gasteiger partial charge in [0.25, 0.3) is 0 Å². The first kappa shape index (κ1) is 27.5. The Hall–Kier alpha value is -3.28. The largest absolute Gasteiger partial charge is 0.457 e. The molecular formula is C32H43N9O. The van der Waals surface area contributed by atoms with Gasteiger partial charge in [-0.15, -0.1) is 0 Å². The molecule has 6 N–H and O–H groups in total. The minimum atomic E-state index is -0.247. The fraction of sp³-hybridized carbons (Fsp3) is 0.500. The molecule has 10 nitrogen and oxygen atoms in total. The van der Waals surface area contributed by atoms with Crippen LogP contribution in [0.25, 0.3) is 0 Å². The molecule has 10 heteroatoms. The van der Waals surface area contributed by atoms with Gasteiger partial charge in [0.15, 0.2) is 0 Å². The number of ether oxygens (including phenoxy) is 1. The van der Waals surface area contributed by atoms with E-state index in [2.05, 4.69) is 35.6 Å². The number of para-hydroxylation sites is 1. The maximum atomic E-state index is 9.00. The van der Waals surface area contributed by atoms with Gasteiger partial charge in [-0.2, -0.15) is 0 Å². The first-order valence-electron chi connectivity index (χ1n) is 15.5. The van der Waals surface area contributed by atoms with Gasteiger partial charge in [-0.05, 0) is 55.2 Å². The average molecular weight is 570 g/mol. The fourth-order valence-electron chi connectivity index (χ4n) is 6.81. The summed E-state index contributed by atoms with van der Waals surface area (Å²) in [4.78, 5) is 12.3. The van der Waals surface area contributed by atoms with Gasteiger partial charge in [0, 0.05) is 82.6 Å². The molecule has 5 heterocycles. The Kier molecular flexibility index (Phi) is 7.96. The van der Waals surface area contributed by atoms with E-state index in [0.717, 1.165) is 55.0 Å². The topological polar surface area (TPSA) is 117 Å². The lowest BCUT2D eigenvalue weighted by atomic mass is 9.94. The summed E-state index contributed by atoms with van der Waals surface area (Å²) < 4.78 is 5.92. The van der Waals surface area contributed by atoms with Crippen LogP contribution < -0.4 is 26.4 Å². The number of benzene rings is 2. The Bertz CT molecular complexity index is 1290. The molecule has 5 aliphatic heterocycles. The molecule has 2 aromatic carbocycles. The number of piperidine rings is 1. The lowest BCUT2D eigenvalue weighted by Gasteiger charge is -2.55. The van der Waals surface area contributed by atoms with Crippen molar-refractivity contribution in [2.45, 2.75) is 37.1 Å². The Morgan fingerprint density at radius 3 is 2.31 bits per heavy atom. The summed E-state index contributed by atoms with van der Waals surface area (Å²) in [6, 6.07) is 19.1. The molecule has 0 bridgehead atoms. The third kappa shape index (κ3) is 5.95. The summed E-state index contributed by atoms with van der Waals surface area (Å²) >= 11 is 0. The number of likely N-dealkylation sites (tertiary alicyclic amines) is 3.